The molecule has 3 aromatic carbocycles. The lowest BCUT2D eigenvalue weighted by Gasteiger charge is -2.36. The summed E-state index contributed by atoms with van der Waals surface area (Å²) in [7, 11) is 4.62. The summed E-state index contributed by atoms with van der Waals surface area (Å²) in [6, 6.07) is 16.6. The Hall–Kier alpha value is -5.40. The Morgan fingerprint density at radius 1 is 0.875 bits per heavy atom. The van der Waals surface area contributed by atoms with Crippen LogP contribution in [0.2, 0.25) is 0 Å². The summed E-state index contributed by atoms with van der Waals surface area (Å²) in [5.41, 5.74) is -0.163. The normalized spacial score (nSPS) is 15.0. The fraction of sp³-hybridized carbons (Fsp3) is 0.294. The topological polar surface area (TPSA) is 91.2 Å². The van der Waals surface area contributed by atoms with Gasteiger partial charge in [0.15, 0.2) is 5.69 Å². The zero-order valence-electron chi connectivity index (χ0n) is 26.4. The molecule has 1 saturated heterocycles. The number of amides is 3. The molecule has 0 bridgehead atoms. The van der Waals surface area contributed by atoms with Gasteiger partial charge in [-0.15, -0.1) is 0 Å². The van der Waals surface area contributed by atoms with E-state index < -0.39 is 23.7 Å². The molecule has 14 heteroatoms. The highest BCUT2D eigenvalue weighted by Crippen LogP contribution is 2.38. The molecule has 0 atom stereocenters. The molecule has 0 saturated carbocycles. The van der Waals surface area contributed by atoms with Crippen LogP contribution in [-0.4, -0.2) is 91.2 Å². The van der Waals surface area contributed by atoms with Crippen molar-refractivity contribution in [3.63, 3.8) is 0 Å². The van der Waals surface area contributed by atoms with Gasteiger partial charge in [-0.2, -0.15) is 18.3 Å². The van der Waals surface area contributed by atoms with Gasteiger partial charge >= 0.3 is 6.18 Å². The Morgan fingerprint density at radius 3 is 2.12 bits per heavy atom. The molecule has 2 aliphatic heterocycles. The highest BCUT2D eigenvalue weighted by molar-refractivity contribution is 6.08. The number of hydrogen-bond donors (Lipinski definition) is 0. The van der Waals surface area contributed by atoms with Gasteiger partial charge in [-0.05, 0) is 73.2 Å². The molecule has 0 spiro atoms. The van der Waals surface area contributed by atoms with Crippen LogP contribution in [0.15, 0.2) is 66.7 Å². The van der Waals surface area contributed by atoms with Gasteiger partial charge in [-0.25, -0.2) is 9.07 Å². The first kappa shape index (κ1) is 32.5. The number of halogens is 4. The van der Waals surface area contributed by atoms with Gasteiger partial charge in [0.05, 0.1) is 18.4 Å². The number of alkyl halides is 3. The summed E-state index contributed by atoms with van der Waals surface area (Å²) in [5.74, 6) is -1.50. The van der Waals surface area contributed by atoms with E-state index >= 15 is 0 Å². The molecule has 0 radical (unpaired) electrons. The smallest absolute Gasteiger partial charge is 0.435 e. The first-order valence-corrected chi connectivity index (χ1v) is 15.2. The molecule has 2 aliphatic rings. The van der Waals surface area contributed by atoms with Gasteiger partial charge in [0.2, 0.25) is 0 Å². The van der Waals surface area contributed by atoms with Crippen LogP contribution in [-0.2, 0) is 12.6 Å². The third kappa shape index (κ3) is 6.05. The molecule has 0 unspecified atom stereocenters. The number of nitrogens with zero attached hydrogens (tertiary/aromatic N) is 6. The summed E-state index contributed by atoms with van der Waals surface area (Å²) in [5, 5.41) is 3.91. The number of methoxy groups -OCH3 is 1. The largest absolute Gasteiger partial charge is 0.497 e. The van der Waals surface area contributed by atoms with Crippen molar-refractivity contribution in [3.05, 3.63) is 101 Å². The van der Waals surface area contributed by atoms with Crippen LogP contribution in [0.4, 0.5) is 28.9 Å². The molecule has 10 nitrogen and oxygen atoms in total. The second-order valence-electron chi connectivity index (χ2n) is 11.7. The van der Waals surface area contributed by atoms with Crippen LogP contribution >= 0.6 is 0 Å². The van der Waals surface area contributed by atoms with Crippen molar-refractivity contribution in [2.75, 3.05) is 63.7 Å². The van der Waals surface area contributed by atoms with Crippen molar-refractivity contribution in [1.82, 2.24) is 19.6 Å². The van der Waals surface area contributed by atoms with E-state index in [0.29, 0.717) is 30.1 Å². The van der Waals surface area contributed by atoms with E-state index in [1.807, 2.05) is 4.90 Å². The molecule has 6 rings (SSSR count). The van der Waals surface area contributed by atoms with Crippen molar-refractivity contribution in [2.45, 2.75) is 12.6 Å². The molecule has 250 valence electrons. The van der Waals surface area contributed by atoms with Crippen LogP contribution < -0.4 is 14.5 Å². The zero-order chi connectivity index (χ0) is 34.3. The Morgan fingerprint density at radius 2 is 1.52 bits per heavy atom. The molecule has 0 N–H and O–H groups in total. The molecule has 3 amide bonds. The minimum atomic E-state index is -4.86. The summed E-state index contributed by atoms with van der Waals surface area (Å²) in [6.45, 7) is 1.42. The summed E-state index contributed by atoms with van der Waals surface area (Å²) in [4.78, 5) is 46.8. The quantitative estimate of drug-likeness (QED) is 0.273. The van der Waals surface area contributed by atoms with E-state index in [0.717, 1.165) is 10.4 Å². The zero-order valence-corrected chi connectivity index (χ0v) is 26.4. The molecular weight excluding hydrogens is 632 g/mol. The number of aromatic nitrogens is 2. The van der Waals surface area contributed by atoms with Gasteiger partial charge in [-0.3, -0.25) is 14.4 Å². The maximum atomic E-state index is 14.3. The number of carbonyl (C=O) groups is 3. The average molecular weight is 665 g/mol. The highest BCUT2D eigenvalue weighted by Gasteiger charge is 2.44. The van der Waals surface area contributed by atoms with Crippen LogP contribution in [0, 0.1) is 5.82 Å². The van der Waals surface area contributed by atoms with E-state index in [2.05, 4.69) is 5.10 Å². The van der Waals surface area contributed by atoms with Crippen LogP contribution in [0.5, 0.6) is 5.75 Å². The molecule has 3 heterocycles. The van der Waals surface area contributed by atoms with Crippen molar-refractivity contribution in [3.8, 4) is 11.4 Å². The molecule has 1 aromatic heterocycles. The summed E-state index contributed by atoms with van der Waals surface area (Å²) < 4.78 is 62.7. The molecule has 4 aromatic rings. The van der Waals surface area contributed by atoms with Crippen LogP contribution in [0.25, 0.3) is 5.69 Å². The lowest BCUT2D eigenvalue weighted by molar-refractivity contribution is -0.141. The number of rotatable bonds is 6. The average Bonchev–Trinajstić information content (AvgIpc) is 3.49. The first-order valence-electron chi connectivity index (χ1n) is 15.2. The number of hydrogen-bond acceptors (Lipinski definition) is 6. The Bertz CT molecular complexity index is 1860. The van der Waals surface area contributed by atoms with Crippen molar-refractivity contribution >= 4 is 29.1 Å². The van der Waals surface area contributed by atoms with Gasteiger partial charge in [0.1, 0.15) is 17.3 Å². The van der Waals surface area contributed by atoms with E-state index in [1.165, 1.54) is 47.2 Å². The summed E-state index contributed by atoms with van der Waals surface area (Å²) in [6.07, 6.45) is -5.00. The van der Waals surface area contributed by atoms with Crippen molar-refractivity contribution in [1.29, 1.82) is 0 Å². The van der Waals surface area contributed by atoms with Gasteiger partial charge in [0.25, 0.3) is 17.7 Å². The van der Waals surface area contributed by atoms with Gasteiger partial charge < -0.3 is 24.3 Å². The fourth-order valence-corrected chi connectivity index (χ4v) is 6.04. The van der Waals surface area contributed by atoms with E-state index in [4.69, 9.17) is 4.74 Å². The minimum Gasteiger partial charge on any atom is -0.497 e. The van der Waals surface area contributed by atoms with E-state index in [-0.39, 0.29) is 60.3 Å². The summed E-state index contributed by atoms with van der Waals surface area (Å²) >= 11 is 0. The predicted octanol–water partition coefficient (Wildman–Crippen LogP) is 4.91. The lowest BCUT2D eigenvalue weighted by Crippen LogP contribution is -2.49. The molecule has 1 fully saturated rings. The number of benzene rings is 3. The van der Waals surface area contributed by atoms with Crippen molar-refractivity contribution < 1.29 is 36.7 Å². The van der Waals surface area contributed by atoms with Gasteiger partial charge in [0, 0.05) is 69.3 Å². The highest BCUT2D eigenvalue weighted by atomic mass is 19.4. The maximum absolute atomic E-state index is 14.3. The Kier molecular flexibility index (Phi) is 8.58. The predicted molar refractivity (Wildman–Crippen MR) is 169 cm³/mol. The third-order valence-corrected chi connectivity index (χ3v) is 8.54. The Balaban J connectivity index is 1.36. The van der Waals surface area contributed by atoms with Crippen LogP contribution in [0.1, 0.15) is 42.5 Å². The maximum Gasteiger partial charge on any atom is 0.435 e. The minimum absolute atomic E-state index is 0.00404. The number of anilines is 2. The van der Waals surface area contributed by atoms with Gasteiger partial charge in [-0.1, -0.05) is 0 Å². The monoisotopic (exact) mass is 664 g/mol. The van der Waals surface area contributed by atoms with Crippen molar-refractivity contribution in [2.24, 2.45) is 0 Å². The van der Waals surface area contributed by atoms with Crippen LogP contribution in [0.3, 0.4) is 0 Å². The molecular formula is C34H32F4N6O4. The second-order valence-corrected chi connectivity index (χ2v) is 11.7. The number of carbonyl (C=O) groups excluding carboxylic acids is 3. The Labute approximate surface area is 273 Å². The lowest BCUT2D eigenvalue weighted by atomic mass is 10.0. The number of ether oxygens (including phenoxy) is 1. The molecule has 48 heavy (non-hydrogen) atoms. The first-order chi connectivity index (χ1) is 22.9. The third-order valence-electron chi connectivity index (χ3n) is 8.54. The number of piperazine rings is 1. The second kappa shape index (κ2) is 12.7. The molecule has 0 aliphatic carbocycles. The fourth-order valence-electron chi connectivity index (χ4n) is 6.04. The van der Waals surface area contributed by atoms with E-state index in [1.54, 1.807) is 55.4 Å². The number of fused-ring (bicyclic) bond motifs is 1. The SMILES string of the molecule is COc1ccc(-n2nc(C(F)(F)F)c3c2C(=O)N(c2ccc(C(=O)N(C)C)cc2)CC3)c(C(=O)N2CCN(c3ccc(F)cc3)CC2)c1. The standard InChI is InChI=1S/C34H32F4N6O4/c1-40(2)31(45)21-4-8-24(9-5-21)43-15-14-26-29(33(43)47)44(39-30(26)34(36,37)38)28-13-12-25(48-3)20-27(28)32(46)42-18-16-41(17-19-42)23-10-6-22(35)7-11-23/h4-13,20H,14-19H2,1-3H3. The van der Waals surface area contributed by atoms with E-state index in [9.17, 15) is 31.9 Å².